The Kier molecular flexibility index (Phi) is 2.58. The zero-order chi connectivity index (χ0) is 12.7. The summed E-state index contributed by atoms with van der Waals surface area (Å²) in [5.74, 6) is 1.88. The summed E-state index contributed by atoms with van der Waals surface area (Å²) in [6, 6.07) is 2.73. The zero-order valence-electron chi connectivity index (χ0n) is 10.9. The molecule has 0 aliphatic carbocycles. The largest absolute Gasteiger partial charge is 0.367 e. The van der Waals surface area contributed by atoms with Crippen LogP contribution in [0.15, 0.2) is 16.8 Å². The van der Waals surface area contributed by atoms with Crippen LogP contribution in [0.5, 0.6) is 0 Å². The van der Waals surface area contributed by atoms with E-state index in [0.717, 1.165) is 41.2 Å². The fraction of sp³-hybridized carbons (Fsp3) is 0.429. The third-order valence-corrected chi connectivity index (χ3v) is 3.59. The number of aryl methyl sites for hydroxylation is 2. The summed E-state index contributed by atoms with van der Waals surface area (Å²) >= 11 is 0. The number of rotatable bonds is 2. The monoisotopic (exact) mass is 243 g/mol. The molecule has 1 N–H and O–H groups in total. The molecule has 0 radical (unpaired) electrons. The predicted molar refractivity (Wildman–Crippen MR) is 70.6 cm³/mol. The van der Waals surface area contributed by atoms with Crippen LogP contribution < -0.4 is 5.32 Å². The molecule has 1 aliphatic heterocycles. The van der Waals surface area contributed by atoms with Crippen molar-refractivity contribution in [1.82, 2.24) is 10.1 Å². The van der Waals surface area contributed by atoms with Crippen LogP contribution in [-0.2, 0) is 6.42 Å². The van der Waals surface area contributed by atoms with Gasteiger partial charge in [-0.2, -0.15) is 0 Å². The number of aromatic nitrogens is 2. The molecule has 94 valence electrons. The number of fused-ring (bicyclic) bond motifs is 1. The summed E-state index contributed by atoms with van der Waals surface area (Å²) in [6.45, 7) is 6.10. The van der Waals surface area contributed by atoms with Crippen LogP contribution in [0.3, 0.4) is 0 Å². The third-order valence-electron chi connectivity index (χ3n) is 3.59. The minimum absolute atomic E-state index is 0.521. The molecule has 0 saturated carbocycles. The maximum atomic E-state index is 5.22. The number of nitrogens with zero attached hydrogens (tertiary/aromatic N) is 2. The highest BCUT2D eigenvalue weighted by Crippen LogP contribution is 2.32. The first-order valence-corrected chi connectivity index (χ1v) is 6.37. The van der Waals surface area contributed by atoms with Gasteiger partial charge in [0.1, 0.15) is 11.6 Å². The Morgan fingerprint density at radius 1 is 1.44 bits per heavy atom. The molecule has 0 fully saturated rings. The Morgan fingerprint density at radius 3 is 2.94 bits per heavy atom. The van der Waals surface area contributed by atoms with Crippen molar-refractivity contribution < 1.29 is 4.52 Å². The minimum Gasteiger partial charge on any atom is -0.367 e. The lowest BCUT2D eigenvalue weighted by molar-refractivity contribution is 0.393. The van der Waals surface area contributed by atoms with Gasteiger partial charge in [-0.05, 0) is 38.3 Å². The summed E-state index contributed by atoms with van der Waals surface area (Å²) in [5, 5.41) is 7.43. The molecule has 1 atom stereocenters. The van der Waals surface area contributed by atoms with E-state index in [1.54, 1.807) is 0 Å². The maximum absolute atomic E-state index is 5.22. The van der Waals surface area contributed by atoms with E-state index >= 15 is 0 Å². The van der Waals surface area contributed by atoms with Gasteiger partial charge in [-0.15, -0.1) is 0 Å². The predicted octanol–water partition coefficient (Wildman–Crippen LogP) is 3.10. The second-order valence-corrected chi connectivity index (χ2v) is 4.88. The second-order valence-electron chi connectivity index (χ2n) is 4.88. The molecule has 0 saturated heterocycles. The normalized spacial score (nSPS) is 17.6. The summed E-state index contributed by atoms with van der Waals surface area (Å²) < 4.78 is 5.22. The average Bonchev–Trinajstić information content (AvgIpc) is 2.92. The molecular formula is C14H17N3O. The summed E-state index contributed by atoms with van der Waals surface area (Å²) in [7, 11) is 0. The van der Waals surface area contributed by atoms with E-state index in [1.807, 2.05) is 20.0 Å². The van der Waals surface area contributed by atoms with Crippen LogP contribution in [0.4, 0.5) is 5.82 Å². The van der Waals surface area contributed by atoms with Crippen LogP contribution in [-0.4, -0.2) is 16.2 Å². The molecule has 1 aliphatic rings. The molecule has 1 unspecified atom stereocenters. The smallest absolute Gasteiger partial charge is 0.141 e. The van der Waals surface area contributed by atoms with Crippen molar-refractivity contribution in [1.29, 1.82) is 0 Å². The van der Waals surface area contributed by atoms with Gasteiger partial charge in [0.05, 0.1) is 5.69 Å². The summed E-state index contributed by atoms with van der Waals surface area (Å²) in [5.41, 5.74) is 4.39. The van der Waals surface area contributed by atoms with E-state index in [1.165, 1.54) is 5.56 Å². The first kappa shape index (κ1) is 11.3. The molecule has 3 rings (SSSR count). The zero-order valence-corrected chi connectivity index (χ0v) is 10.9. The van der Waals surface area contributed by atoms with Gasteiger partial charge in [0.15, 0.2) is 0 Å². The van der Waals surface area contributed by atoms with E-state index in [4.69, 9.17) is 4.52 Å². The quantitative estimate of drug-likeness (QED) is 0.880. The van der Waals surface area contributed by atoms with Gasteiger partial charge in [-0.25, -0.2) is 4.98 Å². The summed E-state index contributed by atoms with van der Waals surface area (Å²) in [6.07, 6.45) is 4.07. The molecule has 4 nitrogen and oxygen atoms in total. The molecule has 2 aromatic rings. The number of hydrogen-bond acceptors (Lipinski definition) is 4. The lowest BCUT2D eigenvalue weighted by atomic mass is 10.0. The van der Waals surface area contributed by atoms with Gasteiger partial charge in [0, 0.05) is 23.4 Å². The SMILES string of the molecule is CCC1Cc2cc(-c3c(C)noc3C)cnc2N1. The minimum atomic E-state index is 0.521. The topological polar surface area (TPSA) is 51.0 Å². The highest BCUT2D eigenvalue weighted by Gasteiger charge is 2.22. The van der Waals surface area contributed by atoms with Gasteiger partial charge in [-0.1, -0.05) is 12.1 Å². The molecule has 2 aromatic heterocycles. The van der Waals surface area contributed by atoms with Crippen LogP contribution in [0, 0.1) is 13.8 Å². The lowest BCUT2D eigenvalue weighted by Crippen LogP contribution is -2.13. The number of pyridine rings is 1. The van der Waals surface area contributed by atoms with Gasteiger partial charge in [0.25, 0.3) is 0 Å². The van der Waals surface area contributed by atoms with Crippen molar-refractivity contribution in [2.45, 2.75) is 39.7 Å². The second kappa shape index (κ2) is 4.12. The fourth-order valence-electron chi connectivity index (χ4n) is 2.58. The highest BCUT2D eigenvalue weighted by molar-refractivity contribution is 5.70. The van der Waals surface area contributed by atoms with Crippen molar-refractivity contribution in [3.05, 3.63) is 29.3 Å². The van der Waals surface area contributed by atoms with E-state index in [0.29, 0.717) is 6.04 Å². The number of hydrogen-bond donors (Lipinski definition) is 1. The first-order valence-electron chi connectivity index (χ1n) is 6.37. The maximum Gasteiger partial charge on any atom is 0.141 e. The Hall–Kier alpha value is -1.84. The van der Waals surface area contributed by atoms with Crippen molar-refractivity contribution in [3.8, 4) is 11.1 Å². The molecule has 18 heavy (non-hydrogen) atoms. The third kappa shape index (κ3) is 1.68. The number of nitrogens with one attached hydrogen (secondary N) is 1. The van der Waals surface area contributed by atoms with Crippen LogP contribution in [0.2, 0.25) is 0 Å². The lowest BCUT2D eigenvalue weighted by Gasteiger charge is -2.05. The van der Waals surface area contributed by atoms with Crippen molar-refractivity contribution in [2.24, 2.45) is 0 Å². The van der Waals surface area contributed by atoms with E-state index in [-0.39, 0.29) is 0 Å². The Morgan fingerprint density at radius 2 is 2.28 bits per heavy atom. The van der Waals surface area contributed by atoms with E-state index < -0.39 is 0 Å². The van der Waals surface area contributed by atoms with Crippen LogP contribution >= 0.6 is 0 Å². The highest BCUT2D eigenvalue weighted by atomic mass is 16.5. The average molecular weight is 243 g/mol. The first-order chi connectivity index (χ1) is 8.69. The van der Waals surface area contributed by atoms with E-state index in [9.17, 15) is 0 Å². The van der Waals surface area contributed by atoms with Crippen LogP contribution in [0.25, 0.3) is 11.1 Å². The Bertz CT molecular complexity index is 569. The molecule has 0 amide bonds. The van der Waals surface area contributed by atoms with Crippen molar-refractivity contribution in [3.63, 3.8) is 0 Å². The molecule has 0 aromatic carbocycles. The fourth-order valence-corrected chi connectivity index (χ4v) is 2.58. The van der Waals surface area contributed by atoms with Gasteiger partial charge >= 0.3 is 0 Å². The standard InChI is InChI=1S/C14H17N3O/c1-4-12-6-10-5-11(7-15-14(10)16-12)13-8(2)17-18-9(13)3/h5,7,12H,4,6H2,1-3H3,(H,15,16). The van der Waals surface area contributed by atoms with Crippen molar-refractivity contribution >= 4 is 5.82 Å². The van der Waals surface area contributed by atoms with Gasteiger partial charge in [-0.3, -0.25) is 0 Å². The molecule has 0 spiro atoms. The summed E-state index contributed by atoms with van der Waals surface area (Å²) in [4.78, 5) is 4.52. The van der Waals surface area contributed by atoms with Crippen LogP contribution in [0.1, 0.15) is 30.4 Å². The Balaban J connectivity index is 2.02. The molecule has 3 heterocycles. The molecule has 4 heteroatoms. The van der Waals surface area contributed by atoms with Crippen molar-refractivity contribution in [2.75, 3.05) is 5.32 Å². The Labute approximate surface area is 106 Å². The molecular weight excluding hydrogens is 226 g/mol. The number of anilines is 1. The van der Waals surface area contributed by atoms with Gasteiger partial charge < -0.3 is 9.84 Å². The van der Waals surface area contributed by atoms with E-state index in [2.05, 4.69) is 28.4 Å². The van der Waals surface area contributed by atoms with Gasteiger partial charge in [0.2, 0.25) is 0 Å². The molecule has 0 bridgehead atoms.